The van der Waals surface area contributed by atoms with E-state index < -0.39 is 0 Å². The summed E-state index contributed by atoms with van der Waals surface area (Å²) in [6, 6.07) is 0.493. The molecule has 0 aromatic carbocycles. The summed E-state index contributed by atoms with van der Waals surface area (Å²) in [7, 11) is 0. The van der Waals surface area contributed by atoms with Crippen LogP contribution in [0.1, 0.15) is 51.3 Å². The summed E-state index contributed by atoms with van der Waals surface area (Å²) in [5.74, 6) is 2.79. The molecule has 3 rings (SSSR count). The van der Waals surface area contributed by atoms with Crippen LogP contribution in [0, 0.1) is 17.8 Å². The molecule has 2 aliphatic rings. The summed E-state index contributed by atoms with van der Waals surface area (Å²) in [5.41, 5.74) is 1.37. The third-order valence-corrected chi connectivity index (χ3v) is 5.51. The zero-order valence-electron chi connectivity index (χ0n) is 11.9. The number of aryl methyl sites for hydroxylation is 1. The van der Waals surface area contributed by atoms with E-state index >= 15 is 0 Å². The predicted octanol–water partition coefficient (Wildman–Crippen LogP) is 3.75. The van der Waals surface area contributed by atoms with Crippen LogP contribution in [-0.2, 0) is 6.54 Å². The van der Waals surface area contributed by atoms with E-state index in [9.17, 15) is 0 Å². The van der Waals surface area contributed by atoms with Crippen molar-refractivity contribution in [3.8, 4) is 0 Å². The van der Waals surface area contributed by atoms with Crippen LogP contribution >= 0.6 is 15.9 Å². The molecule has 1 aromatic heterocycles. The molecular weight excluding hydrogens is 302 g/mol. The van der Waals surface area contributed by atoms with E-state index in [-0.39, 0.29) is 0 Å². The quantitative estimate of drug-likeness (QED) is 0.863. The Balaban J connectivity index is 1.84. The maximum absolute atomic E-state index is 4.50. The van der Waals surface area contributed by atoms with Gasteiger partial charge in [-0.1, -0.05) is 13.3 Å². The Bertz CT molecular complexity index is 433. The number of rotatable bonds is 6. The lowest BCUT2D eigenvalue weighted by atomic mass is 10.0. The summed E-state index contributed by atoms with van der Waals surface area (Å²) < 4.78 is 3.33. The van der Waals surface area contributed by atoms with Gasteiger partial charge in [0.25, 0.3) is 0 Å². The number of fused-ring (bicyclic) bond motifs is 1. The highest BCUT2D eigenvalue weighted by atomic mass is 79.9. The summed E-state index contributed by atoms with van der Waals surface area (Å²) in [4.78, 5) is 0. The molecule has 0 bridgehead atoms. The fourth-order valence-corrected chi connectivity index (χ4v) is 4.56. The Hall–Kier alpha value is -0.350. The standard InChI is InChI=1S/C15H24BrN3/c1-3-8-17-14(13-10-6-5-7-11(10)13)15-12(16)9-18-19(15)4-2/h9-11,13-14,17H,3-8H2,1-2H3. The third-order valence-electron chi connectivity index (χ3n) is 4.90. The van der Waals surface area contributed by atoms with Gasteiger partial charge >= 0.3 is 0 Å². The van der Waals surface area contributed by atoms with Crippen molar-refractivity contribution in [1.82, 2.24) is 15.1 Å². The number of hydrogen-bond donors (Lipinski definition) is 1. The third kappa shape index (κ3) is 2.38. The zero-order valence-corrected chi connectivity index (χ0v) is 13.5. The van der Waals surface area contributed by atoms with Crippen molar-refractivity contribution < 1.29 is 0 Å². The van der Waals surface area contributed by atoms with E-state index in [4.69, 9.17) is 0 Å². The van der Waals surface area contributed by atoms with Crippen molar-refractivity contribution >= 4 is 15.9 Å². The van der Waals surface area contributed by atoms with Gasteiger partial charge in [0.2, 0.25) is 0 Å². The highest BCUT2D eigenvalue weighted by molar-refractivity contribution is 9.10. The van der Waals surface area contributed by atoms with E-state index in [1.807, 2.05) is 6.20 Å². The van der Waals surface area contributed by atoms with Crippen LogP contribution in [0.4, 0.5) is 0 Å². The van der Waals surface area contributed by atoms with Gasteiger partial charge in [0.05, 0.1) is 22.4 Å². The molecule has 19 heavy (non-hydrogen) atoms. The normalized spacial score (nSPS) is 30.4. The average molecular weight is 326 g/mol. The first kappa shape index (κ1) is 13.6. The Morgan fingerprint density at radius 2 is 2.16 bits per heavy atom. The van der Waals surface area contributed by atoms with Gasteiger partial charge in [0.1, 0.15) is 0 Å². The fraction of sp³-hybridized carbons (Fsp3) is 0.800. The first-order valence-corrected chi connectivity index (χ1v) is 8.51. The van der Waals surface area contributed by atoms with Crippen molar-refractivity contribution in [2.45, 2.75) is 52.1 Å². The Kier molecular flexibility index (Phi) is 3.99. The Morgan fingerprint density at radius 1 is 1.42 bits per heavy atom. The molecule has 0 amide bonds. The molecule has 4 heteroatoms. The highest BCUT2D eigenvalue weighted by Crippen LogP contribution is 2.62. The minimum absolute atomic E-state index is 0.493. The van der Waals surface area contributed by atoms with Gasteiger partial charge in [-0.15, -0.1) is 0 Å². The molecule has 3 nitrogen and oxygen atoms in total. The van der Waals surface area contributed by atoms with Crippen LogP contribution in [0.25, 0.3) is 0 Å². The van der Waals surface area contributed by atoms with Crippen LogP contribution < -0.4 is 5.32 Å². The van der Waals surface area contributed by atoms with E-state index in [0.29, 0.717) is 6.04 Å². The number of halogens is 1. The summed E-state index contributed by atoms with van der Waals surface area (Å²) >= 11 is 3.70. The maximum Gasteiger partial charge on any atom is 0.0698 e. The number of nitrogens with zero attached hydrogens (tertiary/aromatic N) is 2. The van der Waals surface area contributed by atoms with Crippen molar-refractivity contribution in [1.29, 1.82) is 0 Å². The lowest BCUT2D eigenvalue weighted by molar-refractivity contribution is 0.390. The molecule has 0 saturated heterocycles. The predicted molar refractivity (Wildman–Crippen MR) is 81.0 cm³/mol. The number of aromatic nitrogens is 2. The number of nitrogens with one attached hydrogen (secondary N) is 1. The smallest absolute Gasteiger partial charge is 0.0698 e. The molecule has 2 aliphatic carbocycles. The molecule has 3 atom stereocenters. The highest BCUT2D eigenvalue weighted by Gasteiger charge is 2.56. The van der Waals surface area contributed by atoms with Crippen LogP contribution in [0.5, 0.6) is 0 Å². The second kappa shape index (κ2) is 5.57. The van der Waals surface area contributed by atoms with E-state index in [0.717, 1.165) is 30.8 Å². The van der Waals surface area contributed by atoms with Crippen LogP contribution in [0.2, 0.25) is 0 Å². The summed E-state index contributed by atoms with van der Waals surface area (Å²) in [6.07, 6.45) is 7.48. The molecule has 1 N–H and O–H groups in total. The van der Waals surface area contributed by atoms with Crippen LogP contribution in [0.15, 0.2) is 10.7 Å². The number of hydrogen-bond acceptors (Lipinski definition) is 2. The molecule has 2 saturated carbocycles. The largest absolute Gasteiger partial charge is 0.308 e. The molecule has 0 radical (unpaired) electrons. The summed E-state index contributed by atoms with van der Waals surface area (Å²) in [6.45, 7) is 6.47. The zero-order chi connectivity index (χ0) is 13.4. The van der Waals surface area contributed by atoms with Crippen LogP contribution in [-0.4, -0.2) is 16.3 Å². The second-order valence-electron chi connectivity index (χ2n) is 5.96. The Morgan fingerprint density at radius 3 is 2.79 bits per heavy atom. The minimum atomic E-state index is 0.493. The van der Waals surface area contributed by atoms with Gasteiger partial charge in [-0.3, -0.25) is 4.68 Å². The SMILES string of the molecule is CCCNC(c1c(Br)cnn1CC)C1C2CCCC21. The van der Waals surface area contributed by atoms with Gasteiger partial charge in [-0.05, 0) is 66.4 Å². The molecule has 0 spiro atoms. The Labute approximate surface area is 124 Å². The van der Waals surface area contributed by atoms with Crippen molar-refractivity contribution in [2.24, 2.45) is 17.8 Å². The van der Waals surface area contributed by atoms with Gasteiger partial charge in [-0.25, -0.2) is 0 Å². The molecule has 3 unspecified atom stereocenters. The van der Waals surface area contributed by atoms with Crippen molar-refractivity contribution in [2.75, 3.05) is 6.54 Å². The monoisotopic (exact) mass is 325 g/mol. The molecular formula is C15H24BrN3. The average Bonchev–Trinajstić information content (AvgIpc) is 2.79. The van der Waals surface area contributed by atoms with E-state index in [2.05, 4.69) is 44.9 Å². The molecule has 2 fully saturated rings. The minimum Gasteiger partial charge on any atom is -0.308 e. The molecule has 106 valence electrons. The van der Waals surface area contributed by atoms with E-state index in [1.54, 1.807) is 0 Å². The van der Waals surface area contributed by atoms with E-state index in [1.165, 1.54) is 35.8 Å². The van der Waals surface area contributed by atoms with Crippen molar-refractivity contribution in [3.05, 3.63) is 16.4 Å². The summed E-state index contributed by atoms with van der Waals surface area (Å²) in [5, 5.41) is 8.28. The lowest BCUT2D eigenvalue weighted by Crippen LogP contribution is -2.28. The molecule has 1 heterocycles. The maximum atomic E-state index is 4.50. The van der Waals surface area contributed by atoms with Gasteiger partial charge in [-0.2, -0.15) is 5.10 Å². The second-order valence-corrected chi connectivity index (χ2v) is 6.82. The first-order chi connectivity index (χ1) is 9.27. The van der Waals surface area contributed by atoms with Crippen LogP contribution in [0.3, 0.4) is 0 Å². The molecule has 0 aliphatic heterocycles. The van der Waals surface area contributed by atoms with Gasteiger partial charge in [0.15, 0.2) is 0 Å². The lowest BCUT2D eigenvalue weighted by Gasteiger charge is -2.22. The van der Waals surface area contributed by atoms with Gasteiger partial charge < -0.3 is 5.32 Å². The fourth-order valence-electron chi connectivity index (χ4n) is 4.02. The topological polar surface area (TPSA) is 29.9 Å². The molecule has 1 aromatic rings. The first-order valence-electron chi connectivity index (χ1n) is 7.72. The van der Waals surface area contributed by atoms with Crippen molar-refractivity contribution in [3.63, 3.8) is 0 Å². The van der Waals surface area contributed by atoms with Gasteiger partial charge in [0, 0.05) is 6.54 Å².